The van der Waals surface area contributed by atoms with Crippen LogP contribution in [0.3, 0.4) is 0 Å². The number of para-hydroxylation sites is 2. The SMILES string of the molecule is COc1ccccc1CN(C(=O)Cn1nnc2ccccc21)[C@@H](C(=O)NCc1ccc(F)cc1)c1ccccc1. The number of rotatable bonds is 10. The molecule has 0 aliphatic carbocycles. The third-order valence-corrected chi connectivity index (χ3v) is 6.61. The molecule has 4 aromatic carbocycles. The van der Waals surface area contributed by atoms with Crippen LogP contribution >= 0.6 is 0 Å². The molecular weight excluding hydrogens is 509 g/mol. The number of nitrogens with zero attached hydrogens (tertiary/aromatic N) is 4. The van der Waals surface area contributed by atoms with E-state index < -0.39 is 6.04 Å². The highest BCUT2D eigenvalue weighted by Crippen LogP contribution is 2.28. The van der Waals surface area contributed by atoms with E-state index in [0.717, 1.165) is 11.1 Å². The summed E-state index contributed by atoms with van der Waals surface area (Å²) in [6.07, 6.45) is 0. The molecule has 1 aromatic heterocycles. The molecule has 0 aliphatic rings. The molecule has 5 aromatic rings. The van der Waals surface area contributed by atoms with Crippen molar-refractivity contribution in [1.82, 2.24) is 25.2 Å². The van der Waals surface area contributed by atoms with Crippen molar-refractivity contribution in [3.05, 3.63) is 126 Å². The van der Waals surface area contributed by atoms with Gasteiger partial charge in [0.2, 0.25) is 11.8 Å². The number of hydrogen-bond acceptors (Lipinski definition) is 5. The Kier molecular flexibility index (Phi) is 8.10. The summed E-state index contributed by atoms with van der Waals surface area (Å²) in [4.78, 5) is 29.4. The van der Waals surface area contributed by atoms with Gasteiger partial charge < -0.3 is 15.0 Å². The molecule has 0 saturated carbocycles. The maximum atomic E-state index is 14.1. The van der Waals surface area contributed by atoms with Gasteiger partial charge >= 0.3 is 0 Å². The molecule has 40 heavy (non-hydrogen) atoms. The Balaban J connectivity index is 1.51. The van der Waals surface area contributed by atoms with E-state index in [2.05, 4.69) is 15.6 Å². The summed E-state index contributed by atoms with van der Waals surface area (Å²) in [7, 11) is 1.57. The van der Waals surface area contributed by atoms with Gasteiger partial charge in [0.15, 0.2) is 0 Å². The maximum absolute atomic E-state index is 14.1. The van der Waals surface area contributed by atoms with E-state index >= 15 is 0 Å². The molecule has 0 spiro atoms. The van der Waals surface area contributed by atoms with Crippen molar-refractivity contribution in [2.45, 2.75) is 25.7 Å². The molecule has 1 atom stereocenters. The summed E-state index contributed by atoms with van der Waals surface area (Å²) in [6.45, 7) is 0.163. The van der Waals surface area contributed by atoms with Crippen LogP contribution < -0.4 is 10.1 Å². The molecule has 0 saturated heterocycles. The molecule has 0 unspecified atom stereocenters. The summed E-state index contributed by atoms with van der Waals surface area (Å²) in [5.41, 5.74) is 3.51. The van der Waals surface area contributed by atoms with Crippen molar-refractivity contribution in [2.75, 3.05) is 7.11 Å². The second-order valence-corrected chi connectivity index (χ2v) is 9.23. The zero-order chi connectivity index (χ0) is 27.9. The minimum atomic E-state index is -0.964. The number of ether oxygens (including phenoxy) is 1. The Labute approximate surface area is 231 Å². The van der Waals surface area contributed by atoms with Crippen LogP contribution in [0.1, 0.15) is 22.7 Å². The van der Waals surface area contributed by atoms with Crippen LogP contribution in [0.2, 0.25) is 0 Å². The third-order valence-electron chi connectivity index (χ3n) is 6.61. The Hall–Kier alpha value is -5.05. The van der Waals surface area contributed by atoms with E-state index in [9.17, 15) is 14.0 Å². The Morgan fingerprint density at radius 2 is 1.62 bits per heavy atom. The number of halogens is 1. The number of carbonyl (C=O) groups excluding carboxylic acids is 2. The number of nitrogens with one attached hydrogen (secondary N) is 1. The number of benzene rings is 4. The zero-order valence-corrected chi connectivity index (χ0v) is 21.9. The van der Waals surface area contributed by atoms with Crippen molar-refractivity contribution in [3.63, 3.8) is 0 Å². The first-order valence-corrected chi connectivity index (χ1v) is 12.8. The summed E-state index contributed by atoms with van der Waals surface area (Å²) in [5, 5.41) is 11.3. The minimum absolute atomic E-state index is 0.110. The van der Waals surface area contributed by atoms with Gasteiger partial charge in [0, 0.05) is 12.1 Å². The molecule has 0 fully saturated rings. The number of aromatic nitrogens is 3. The van der Waals surface area contributed by atoms with Gasteiger partial charge in [-0.3, -0.25) is 9.59 Å². The smallest absolute Gasteiger partial charge is 0.247 e. The van der Waals surface area contributed by atoms with Gasteiger partial charge in [-0.05, 0) is 41.5 Å². The van der Waals surface area contributed by atoms with Gasteiger partial charge in [-0.1, -0.05) is 78.0 Å². The first-order chi connectivity index (χ1) is 19.5. The molecule has 0 radical (unpaired) electrons. The second-order valence-electron chi connectivity index (χ2n) is 9.23. The topological polar surface area (TPSA) is 89.3 Å². The summed E-state index contributed by atoms with van der Waals surface area (Å²) >= 11 is 0. The highest BCUT2D eigenvalue weighted by molar-refractivity contribution is 5.89. The van der Waals surface area contributed by atoms with Crippen molar-refractivity contribution in [3.8, 4) is 5.75 Å². The van der Waals surface area contributed by atoms with Crippen LogP contribution in [0.25, 0.3) is 11.0 Å². The summed E-state index contributed by atoms with van der Waals surface area (Å²) in [6, 6.07) is 28.8. The standard InChI is InChI=1S/C31H28FN5O3/c1-40-28-14-8-5-11-24(28)20-36(29(38)21-37-27-13-7-6-12-26(27)34-35-37)30(23-9-3-2-4-10-23)31(39)33-19-22-15-17-25(32)18-16-22/h2-18,30H,19-21H2,1H3,(H,33,39)/t30-/m1/s1. The summed E-state index contributed by atoms with van der Waals surface area (Å²) in [5.74, 6) is -0.453. The summed E-state index contributed by atoms with van der Waals surface area (Å²) < 4.78 is 20.5. The van der Waals surface area contributed by atoms with E-state index in [4.69, 9.17) is 4.74 Å². The van der Waals surface area contributed by atoms with Crippen molar-refractivity contribution in [1.29, 1.82) is 0 Å². The molecule has 1 heterocycles. The predicted molar refractivity (Wildman–Crippen MR) is 149 cm³/mol. The Bertz CT molecular complexity index is 1600. The molecule has 2 amide bonds. The number of methoxy groups -OCH3 is 1. The van der Waals surface area contributed by atoms with E-state index in [-0.39, 0.29) is 37.3 Å². The third kappa shape index (κ3) is 5.99. The van der Waals surface area contributed by atoms with Crippen molar-refractivity contribution >= 4 is 22.8 Å². The fourth-order valence-corrected chi connectivity index (χ4v) is 4.59. The van der Waals surface area contributed by atoms with Crippen LogP contribution in [0.15, 0.2) is 103 Å². The van der Waals surface area contributed by atoms with Crippen LogP contribution in [0.5, 0.6) is 5.75 Å². The first kappa shape index (κ1) is 26.6. The molecule has 0 aliphatic heterocycles. The zero-order valence-electron chi connectivity index (χ0n) is 21.9. The molecule has 1 N–H and O–H groups in total. The van der Waals surface area contributed by atoms with Gasteiger partial charge in [0.05, 0.1) is 19.2 Å². The average molecular weight is 538 g/mol. The van der Waals surface area contributed by atoms with E-state index in [1.807, 2.05) is 78.9 Å². The molecule has 9 heteroatoms. The number of carbonyl (C=O) groups is 2. The number of amides is 2. The molecule has 8 nitrogen and oxygen atoms in total. The lowest BCUT2D eigenvalue weighted by Crippen LogP contribution is -2.44. The normalized spacial score (nSPS) is 11.7. The highest BCUT2D eigenvalue weighted by atomic mass is 19.1. The van der Waals surface area contributed by atoms with Gasteiger partial charge in [-0.2, -0.15) is 0 Å². The molecule has 0 bridgehead atoms. The minimum Gasteiger partial charge on any atom is -0.496 e. The monoisotopic (exact) mass is 537 g/mol. The van der Waals surface area contributed by atoms with Gasteiger partial charge in [-0.15, -0.1) is 5.10 Å². The number of hydrogen-bond donors (Lipinski definition) is 1. The first-order valence-electron chi connectivity index (χ1n) is 12.8. The van der Waals surface area contributed by atoms with Crippen LogP contribution in [0, 0.1) is 5.82 Å². The lowest BCUT2D eigenvalue weighted by molar-refractivity contribution is -0.142. The lowest BCUT2D eigenvalue weighted by Gasteiger charge is -2.32. The van der Waals surface area contributed by atoms with Gasteiger partial charge in [0.25, 0.3) is 0 Å². The van der Waals surface area contributed by atoms with Crippen LogP contribution in [0.4, 0.5) is 4.39 Å². The van der Waals surface area contributed by atoms with Gasteiger partial charge in [0.1, 0.15) is 29.7 Å². The Morgan fingerprint density at radius 1 is 0.925 bits per heavy atom. The molecular formula is C31H28FN5O3. The lowest BCUT2D eigenvalue weighted by atomic mass is 10.0. The van der Waals surface area contributed by atoms with E-state index in [1.54, 1.807) is 19.2 Å². The number of fused-ring (bicyclic) bond motifs is 1. The van der Waals surface area contributed by atoms with Crippen LogP contribution in [-0.4, -0.2) is 38.8 Å². The van der Waals surface area contributed by atoms with Crippen molar-refractivity contribution in [2.24, 2.45) is 0 Å². The van der Waals surface area contributed by atoms with Crippen LogP contribution in [-0.2, 0) is 29.2 Å². The maximum Gasteiger partial charge on any atom is 0.247 e. The second kappa shape index (κ2) is 12.2. The predicted octanol–water partition coefficient (Wildman–Crippen LogP) is 4.67. The van der Waals surface area contributed by atoms with Crippen molar-refractivity contribution < 1.29 is 18.7 Å². The largest absolute Gasteiger partial charge is 0.496 e. The van der Waals surface area contributed by atoms with E-state index in [1.165, 1.54) is 21.7 Å². The highest BCUT2D eigenvalue weighted by Gasteiger charge is 2.32. The molecule has 202 valence electrons. The molecule has 5 rings (SSSR count). The fourth-order valence-electron chi connectivity index (χ4n) is 4.59. The fraction of sp³-hybridized carbons (Fsp3) is 0.161. The average Bonchev–Trinajstić information content (AvgIpc) is 3.40. The Morgan fingerprint density at radius 3 is 2.40 bits per heavy atom. The van der Waals surface area contributed by atoms with Gasteiger partial charge in [-0.25, -0.2) is 9.07 Å². The van der Waals surface area contributed by atoms with E-state index in [0.29, 0.717) is 22.3 Å². The quantitative estimate of drug-likeness (QED) is 0.280.